The van der Waals surface area contributed by atoms with Crippen LogP contribution >= 0.6 is 0 Å². The molecule has 1 fully saturated rings. The molecule has 1 saturated carbocycles. The first-order valence-electron chi connectivity index (χ1n) is 7.72. The van der Waals surface area contributed by atoms with Crippen molar-refractivity contribution in [2.75, 3.05) is 26.9 Å². The first-order chi connectivity index (χ1) is 11.0. The number of ether oxygens (including phenoxy) is 4. The van der Waals surface area contributed by atoms with E-state index in [2.05, 4.69) is 6.58 Å². The Morgan fingerprint density at radius 2 is 1.70 bits per heavy atom. The quantitative estimate of drug-likeness (QED) is 0.274. The summed E-state index contributed by atoms with van der Waals surface area (Å²) < 4.78 is 19.5. The summed E-state index contributed by atoms with van der Waals surface area (Å²) in [4.78, 5) is 34.6. The summed E-state index contributed by atoms with van der Waals surface area (Å²) in [7, 11) is 1.48. The van der Waals surface area contributed by atoms with E-state index in [1.54, 1.807) is 0 Å². The molecule has 0 spiro atoms. The van der Waals surface area contributed by atoms with Crippen molar-refractivity contribution in [2.24, 2.45) is 0 Å². The van der Waals surface area contributed by atoms with Gasteiger partial charge < -0.3 is 18.9 Å². The van der Waals surface area contributed by atoms with Gasteiger partial charge in [-0.3, -0.25) is 4.79 Å². The number of hydrogen-bond donors (Lipinski definition) is 0. The van der Waals surface area contributed by atoms with Crippen LogP contribution in [-0.4, -0.2) is 50.9 Å². The molecule has 1 aliphatic rings. The minimum atomic E-state index is -0.811. The highest BCUT2D eigenvalue weighted by Crippen LogP contribution is 2.21. The lowest BCUT2D eigenvalue weighted by Gasteiger charge is -2.21. The van der Waals surface area contributed by atoms with Gasteiger partial charge in [0.1, 0.15) is 12.7 Å². The van der Waals surface area contributed by atoms with Gasteiger partial charge in [0.05, 0.1) is 13.0 Å². The zero-order chi connectivity index (χ0) is 17.1. The summed E-state index contributed by atoms with van der Waals surface area (Å²) in [6.07, 6.45) is 4.65. The Morgan fingerprint density at radius 3 is 2.35 bits per heavy atom. The average Bonchev–Trinajstić information content (AvgIpc) is 2.53. The van der Waals surface area contributed by atoms with Crippen LogP contribution in [0.1, 0.15) is 38.5 Å². The molecule has 7 heteroatoms. The van der Waals surface area contributed by atoms with Gasteiger partial charge in [-0.2, -0.15) is 0 Å². The molecule has 7 nitrogen and oxygen atoms in total. The molecule has 0 bridgehead atoms. The van der Waals surface area contributed by atoms with Crippen molar-refractivity contribution in [3.8, 4) is 0 Å². The summed E-state index contributed by atoms with van der Waals surface area (Å²) in [5, 5.41) is 0. The second-order valence-electron chi connectivity index (χ2n) is 5.32. The van der Waals surface area contributed by atoms with Gasteiger partial charge >= 0.3 is 17.9 Å². The molecule has 0 amide bonds. The smallest absolute Gasteiger partial charge is 0.344 e. The second kappa shape index (κ2) is 10.8. The van der Waals surface area contributed by atoms with Gasteiger partial charge in [-0.15, -0.1) is 0 Å². The summed E-state index contributed by atoms with van der Waals surface area (Å²) in [6, 6.07) is 0. The van der Waals surface area contributed by atoms with E-state index >= 15 is 0 Å². The van der Waals surface area contributed by atoms with E-state index in [9.17, 15) is 14.4 Å². The Kier molecular flexibility index (Phi) is 8.97. The Balaban J connectivity index is 2.20. The van der Waals surface area contributed by atoms with Gasteiger partial charge in [0.15, 0.2) is 6.61 Å². The van der Waals surface area contributed by atoms with Gasteiger partial charge in [-0.1, -0.05) is 13.0 Å². The van der Waals surface area contributed by atoms with Crippen LogP contribution < -0.4 is 0 Å². The van der Waals surface area contributed by atoms with Crippen LogP contribution in [0.25, 0.3) is 0 Å². The zero-order valence-electron chi connectivity index (χ0n) is 13.5. The van der Waals surface area contributed by atoms with E-state index < -0.39 is 24.5 Å². The maximum absolute atomic E-state index is 11.7. The van der Waals surface area contributed by atoms with Crippen molar-refractivity contribution in [3.05, 3.63) is 12.2 Å². The zero-order valence-corrected chi connectivity index (χ0v) is 13.5. The Morgan fingerprint density at radius 1 is 1.00 bits per heavy atom. The minimum absolute atomic E-state index is 0.0458. The van der Waals surface area contributed by atoms with Crippen LogP contribution in [0.5, 0.6) is 0 Å². The summed E-state index contributed by atoms with van der Waals surface area (Å²) >= 11 is 0. The SMILES string of the molecule is C=C(CC(=O)OC1CCCCC1)C(=O)OCC(=O)OCCOC. The number of rotatable bonds is 9. The fourth-order valence-electron chi connectivity index (χ4n) is 2.16. The number of carbonyl (C=O) groups is 3. The molecule has 0 atom stereocenters. The van der Waals surface area contributed by atoms with E-state index in [0.717, 1.165) is 32.1 Å². The molecule has 0 aromatic carbocycles. The second-order valence-corrected chi connectivity index (χ2v) is 5.32. The van der Waals surface area contributed by atoms with Gasteiger partial charge in [0.2, 0.25) is 0 Å². The molecule has 0 heterocycles. The molecule has 0 aromatic rings. The molecule has 0 radical (unpaired) electrons. The Bertz CT molecular complexity index is 424. The van der Waals surface area contributed by atoms with Crippen LogP contribution in [0.3, 0.4) is 0 Å². The van der Waals surface area contributed by atoms with Crippen LogP contribution in [0.15, 0.2) is 12.2 Å². The van der Waals surface area contributed by atoms with E-state index in [1.807, 2.05) is 0 Å². The molecule has 0 N–H and O–H groups in total. The van der Waals surface area contributed by atoms with Gasteiger partial charge in [0, 0.05) is 12.7 Å². The number of esters is 3. The lowest BCUT2D eigenvalue weighted by Crippen LogP contribution is -2.23. The summed E-state index contributed by atoms with van der Waals surface area (Å²) in [5.74, 6) is -2.00. The Hall–Kier alpha value is -1.89. The Labute approximate surface area is 135 Å². The topological polar surface area (TPSA) is 88.1 Å². The molecule has 1 rings (SSSR count). The van der Waals surface area contributed by atoms with E-state index in [1.165, 1.54) is 7.11 Å². The fraction of sp³-hybridized carbons (Fsp3) is 0.688. The van der Waals surface area contributed by atoms with Crippen molar-refractivity contribution in [1.82, 2.24) is 0 Å². The molecule has 130 valence electrons. The maximum Gasteiger partial charge on any atom is 0.344 e. The normalized spacial score (nSPS) is 14.8. The highest BCUT2D eigenvalue weighted by Gasteiger charge is 2.20. The molecular weight excluding hydrogens is 304 g/mol. The van der Waals surface area contributed by atoms with E-state index in [0.29, 0.717) is 0 Å². The van der Waals surface area contributed by atoms with E-state index in [-0.39, 0.29) is 31.3 Å². The van der Waals surface area contributed by atoms with Crippen LogP contribution in [-0.2, 0) is 33.3 Å². The van der Waals surface area contributed by atoms with Gasteiger partial charge in [-0.25, -0.2) is 9.59 Å². The van der Waals surface area contributed by atoms with Crippen LogP contribution in [0.2, 0.25) is 0 Å². The monoisotopic (exact) mass is 328 g/mol. The number of hydrogen-bond acceptors (Lipinski definition) is 7. The first kappa shape index (κ1) is 19.2. The van der Waals surface area contributed by atoms with Crippen molar-refractivity contribution in [2.45, 2.75) is 44.6 Å². The van der Waals surface area contributed by atoms with Crippen molar-refractivity contribution in [1.29, 1.82) is 0 Å². The molecule has 0 unspecified atom stereocenters. The maximum atomic E-state index is 11.7. The minimum Gasteiger partial charge on any atom is -0.462 e. The van der Waals surface area contributed by atoms with Gasteiger partial charge in [0.25, 0.3) is 0 Å². The first-order valence-corrected chi connectivity index (χ1v) is 7.72. The van der Waals surface area contributed by atoms with Crippen LogP contribution in [0.4, 0.5) is 0 Å². The molecule has 23 heavy (non-hydrogen) atoms. The lowest BCUT2D eigenvalue weighted by molar-refractivity contribution is -0.158. The molecular formula is C16H24O7. The van der Waals surface area contributed by atoms with Crippen LogP contribution in [0, 0.1) is 0 Å². The predicted octanol–water partition coefficient (Wildman–Crippen LogP) is 1.54. The third kappa shape index (κ3) is 8.35. The third-order valence-corrected chi connectivity index (χ3v) is 3.37. The highest BCUT2D eigenvalue weighted by atomic mass is 16.6. The number of methoxy groups -OCH3 is 1. The van der Waals surface area contributed by atoms with Crippen molar-refractivity contribution < 1.29 is 33.3 Å². The summed E-state index contributed by atoms with van der Waals surface area (Å²) in [5.41, 5.74) is -0.0458. The van der Waals surface area contributed by atoms with Crippen molar-refractivity contribution >= 4 is 17.9 Å². The average molecular weight is 328 g/mol. The molecule has 0 aliphatic heterocycles. The summed E-state index contributed by atoms with van der Waals surface area (Å²) in [6.45, 7) is 3.31. The lowest BCUT2D eigenvalue weighted by atomic mass is 9.98. The van der Waals surface area contributed by atoms with Gasteiger partial charge in [-0.05, 0) is 25.7 Å². The molecule has 0 aromatic heterocycles. The van der Waals surface area contributed by atoms with Crippen molar-refractivity contribution in [3.63, 3.8) is 0 Å². The fourth-order valence-corrected chi connectivity index (χ4v) is 2.16. The number of carbonyl (C=O) groups excluding carboxylic acids is 3. The standard InChI is InChI=1S/C16H24O7/c1-12(10-14(17)23-13-6-4-3-5-7-13)16(19)22-11-15(18)21-9-8-20-2/h13H,1,3-11H2,2H3. The molecule has 1 aliphatic carbocycles. The third-order valence-electron chi connectivity index (χ3n) is 3.37. The highest BCUT2D eigenvalue weighted by molar-refractivity contribution is 5.94. The van der Waals surface area contributed by atoms with E-state index in [4.69, 9.17) is 18.9 Å². The largest absolute Gasteiger partial charge is 0.462 e. The molecule has 0 saturated heterocycles. The predicted molar refractivity (Wildman–Crippen MR) is 80.5 cm³/mol.